The second-order valence-electron chi connectivity index (χ2n) is 6.52. The van der Waals surface area contributed by atoms with E-state index < -0.39 is 17.1 Å². The van der Waals surface area contributed by atoms with Crippen molar-refractivity contribution in [1.29, 1.82) is 0 Å². The number of non-ortho nitro benzene ring substituents is 1. The Balaban J connectivity index is 1.70. The molecule has 0 fully saturated rings. The Morgan fingerprint density at radius 3 is 2.68 bits per heavy atom. The molecule has 158 valence electrons. The lowest BCUT2D eigenvalue weighted by Crippen LogP contribution is -2.33. The molecule has 4 aromatic rings. The molecule has 0 spiro atoms. The highest BCUT2D eigenvalue weighted by Crippen LogP contribution is 2.29. The first-order valence-electron chi connectivity index (χ1n) is 8.71. The van der Waals surface area contributed by atoms with Gasteiger partial charge in [-0.2, -0.15) is 23.0 Å². The van der Waals surface area contributed by atoms with Crippen LogP contribution in [-0.2, 0) is 4.79 Å². The number of rotatable bonds is 4. The maximum atomic E-state index is 12.5. The predicted molar refractivity (Wildman–Crippen MR) is 101 cm³/mol. The van der Waals surface area contributed by atoms with Crippen molar-refractivity contribution >= 4 is 22.7 Å². The van der Waals surface area contributed by atoms with Gasteiger partial charge in [0.05, 0.1) is 16.8 Å². The Hall–Kier alpha value is -4.22. The zero-order valence-electron chi connectivity index (χ0n) is 15.7. The summed E-state index contributed by atoms with van der Waals surface area (Å²) in [5.74, 6) is -2.36. The third kappa shape index (κ3) is 3.70. The standard InChI is InChI=1S/C19H12F3N5O4/c1-11-8-13(27(29)30)2-3-16(11)25-10-12(9-24-25)14-4-6-23-17-15(14)5-7-26(17)31-18(28)19(20,21)22/h2-10H,1H3. The third-order valence-electron chi connectivity index (χ3n) is 4.50. The maximum Gasteiger partial charge on any atom is 0.493 e. The van der Waals surface area contributed by atoms with E-state index in [0.717, 1.165) is 6.20 Å². The number of hydrogen-bond acceptors (Lipinski definition) is 6. The highest BCUT2D eigenvalue weighted by Gasteiger charge is 2.42. The fraction of sp³-hybridized carbons (Fsp3) is 0.105. The number of carbonyl (C=O) groups is 1. The van der Waals surface area contributed by atoms with Crippen LogP contribution in [0.3, 0.4) is 0 Å². The van der Waals surface area contributed by atoms with Crippen LogP contribution in [0, 0.1) is 17.0 Å². The zero-order chi connectivity index (χ0) is 22.3. The van der Waals surface area contributed by atoms with Crippen molar-refractivity contribution in [3.05, 3.63) is 70.8 Å². The van der Waals surface area contributed by atoms with E-state index in [1.807, 2.05) is 0 Å². The molecule has 0 saturated heterocycles. The van der Waals surface area contributed by atoms with Gasteiger partial charge >= 0.3 is 12.1 Å². The number of nitrogens with zero attached hydrogens (tertiary/aromatic N) is 5. The fourth-order valence-corrected chi connectivity index (χ4v) is 3.09. The molecule has 0 bridgehead atoms. The Kier molecular flexibility index (Phi) is 4.68. The molecule has 4 rings (SSSR count). The number of benzene rings is 1. The van der Waals surface area contributed by atoms with Crippen LogP contribution in [0.15, 0.2) is 55.1 Å². The van der Waals surface area contributed by atoms with Gasteiger partial charge in [0, 0.05) is 41.7 Å². The molecule has 0 unspecified atom stereocenters. The molecular formula is C19H12F3N5O4. The van der Waals surface area contributed by atoms with Gasteiger partial charge in [-0.15, -0.1) is 0 Å². The van der Waals surface area contributed by atoms with Gasteiger partial charge in [0.15, 0.2) is 5.65 Å². The quantitative estimate of drug-likeness (QED) is 0.361. The average Bonchev–Trinajstić information content (AvgIpc) is 3.34. The predicted octanol–water partition coefficient (Wildman–Crippen LogP) is 3.62. The number of nitro groups is 1. The van der Waals surface area contributed by atoms with Gasteiger partial charge < -0.3 is 4.84 Å². The van der Waals surface area contributed by atoms with E-state index in [1.165, 1.54) is 35.3 Å². The molecule has 12 heteroatoms. The monoisotopic (exact) mass is 431 g/mol. The summed E-state index contributed by atoms with van der Waals surface area (Å²) in [6.45, 7) is 1.71. The third-order valence-corrected chi connectivity index (χ3v) is 4.50. The van der Waals surface area contributed by atoms with Gasteiger partial charge in [0.2, 0.25) is 0 Å². The van der Waals surface area contributed by atoms with Crippen LogP contribution >= 0.6 is 0 Å². The van der Waals surface area contributed by atoms with Crippen molar-refractivity contribution in [2.75, 3.05) is 0 Å². The number of nitro benzene ring substituents is 1. The summed E-state index contributed by atoms with van der Waals surface area (Å²) in [5.41, 5.74) is 2.45. The molecule has 0 atom stereocenters. The highest BCUT2D eigenvalue weighted by atomic mass is 19.4. The first-order valence-corrected chi connectivity index (χ1v) is 8.71. The second-order valence-corrected chi connectivity index (χ2v) is 6.52. The largest absolute Gasteiger partial charge is 0.493 e. The van der Waals surface area contributed by atoms with E-state index in [0.29, 0.717) is 32.5 Å². The number of alkyl halides is 3. The Bertz CT molecular complexity index is 1330. The van der Waals surface area contributed by atoms with Crippen molar-refractivity contribution in [2.24, 2.45) is 0 Å². The van der Waals surface area contributed by atoms with E-state index in [-0.39, 0.29) is 11.3 Å². The first-order chi connectivity index (χ1) is 14.6. The molecule has 9 nitrogen and oxygen atoms in total. The highest BCUT2D eigenvalue weighted by molar-refractivity contribution is 5.93. The summed E-state index contributed by atoms with van der Waals surface area (Å²) in [4.78, 5) is 29.9. The SMILES string of the molecule is Cc1cc([N+](=O)[O-])ccc1-n1cc(-c2ccnc3c2ccn3OC(=O)C(F)(F)F)cn1. The fourth-order valence-electron chi connectivity index (χ4n) is 3.09. The van der Waals surface area contributed by atoms with E-state index in [2.05, 4.69) is 14.9 Å². The van der Waals surface area contributed by atoms with Crippen molar-refractivity contribution in [3.63, 3.8) is 0 Å². The van der Waals surface area contributed by atoms with Crippen LogP contribution in [0.1, 0.15) is 5.56 Å². The molecule has 3 aromatic heterocycles. The van der Waals surface area contributed by atoms with Crippen molar-refractivity contribution in [3.8, 4) is 16.8 Å². The summed E-state index contributed by atoms with van der Waals surface area (Å²) < 4.78 is 39.7. The Morgan fingerprint density at radius 1 is 1.23 bits per heavy atom. The van der Waals surface area contributed by atoms with Crippen molar-refractivity contribution in [1.82, 2.24) is 19.5 Å². The van der Waals surface area contributed by atoms with Gasteiger partial charge in [-0.1, -0.05) is 0 Å². The Morgan fingerprint density at radius 2 is 2.00 bits per heavy atom. The summed E-state index contributed by atoms with van der Waals surface area (Å²) in [6.07, 6.45) is 0.592. The lowest BCUT2D eigenvalue weighted by Gasteiger charge is -2.08. The van der Waals surface area contributed by atoms with Crippen LogP contribution in [-0.4, -0.2) is 36.6 Å². The summed E-state index contributed by atoms with van der Waals surface area (Å²) in [6, 6.07) is 7.47. The summed E-state index contributed by atoms with van der Waals surface area (Å²) in [5, 5.41) is 15.6. The smallest absolute Gasteiger partial charge is 0.326 e. The molecular weight excluding hydrogens is 419 g/mol. The summed E-state index contributed by atoms with van der Waals surface area (Å²) >= 11 is 0. The molecule has 0 N–H and O–H groups in total. The average molecular weight is 431 g/mol. The molecule has 0 aliphatic rings. The molecule has 1 aromatic carbocycles. The molecule has 3 heterocycles. The van der Waals surface area contributed by atoms with Gasteiger partial charge in [0.25, 0.3) is 5.69 Å². The lowest BCUT2D eigenvalue weighted by atomic mass is 10.1. The van der Waals surface area contributed by atoms with Crippen LogP contribution in [0.2, 0.25) is 0 Å². The van der Waals surface area contributed by atoms with E-state index in [9.17, 15) is 28.1 Å². The molecule has 0 amide bonds. The van der Waals surface area contributed by atoms with Gasteiger partial charge in [-0.25, -0.2) is 14.5 Å². The minimum atomic E-state index is -5.14. The normalized spacial score (nSPS) is 11.6. The van der Waals surface area contributed by atoms with Crippen LogP contribution in [0.4, 0.5) is 18.9 Å². The molecule has 31 heavy (non-hydrogen) atoms. The van der Waals surface area contributed by atoms with E-state index >= 15 is 0 Å². The maximum absolute atomic E-state index is 12.5. The number of carbonyl (C=O) groups excluding carboxylic acids is 1. The minimum absolute atomic E-state index is 0.0226. The van der Waals surface area contributed by atoms with Crippen LogP contribution in [0.25, 0.3) is 27.8 Å². The van der Waals surface area contributed by atoms with Crippen molar-refractivity contribution in [2.45, 2.75) is 13.1 Å². The number of aryl methyl sites for hydroxylation is 1. The molecule has 0 saturated carbocycles. The van der Waals surface area contributed by atoms with E-state index in [4.69, 9.17) is 0 Å². The number of hydrogen-bond donors (Lipinski definition) is 0. The molecule has 0 aliphatic carbocycles. The van der Waals surface area contributed by atoms with Crippen molar-refractivity contribution < 1.29 is 27.7 Å². The van der Waals surface area contributed by atoms with Crippen LogP contribution < -0.4 is 4.84 Å². The zero-order valence-corrected chi connectivity index (χ0v) is 15.7. The topological polar surface area (TPSA) is 105 Å². The first kappa shape index (κ1) is 20.1. The van der Waals surface area contributed by atoms with Crippen LogP contribution in [0.5, 0.6) is 0 Å². The number of aromatic nitrogens is 4. The minimum Gasteiger partial charge on any atom is -0.326 e. The lowest BCUT2D eigenvalue weighted by molar-refractivity contribution is -0.384. The number of halogens is 3. The van der Waals surface area contributed by atoms with Gasteiger partial charge in [-0.05, 0) is 36.2 Å². The Labute approximate surface area is 171 Å². The molecule has 0 radical (unpaired) electrons. The second kappa shape index (κ2) is 7.23. The van der Waals surface area contributed by atoms with Gasteiger partial charge in [-0.3, -0.25) is 10.1 Å². The van der Waals surface area contributed by atoms with Gasteiger partial charge in [0.1, 0.15) is 0 Å². The van der Waals surface area contributed by atoms with E-state index in [1.54, 1.807) is 25.3 Å². The molecule has 0 aliphatic heterocycles. The number of pyridine rings is 1. The summed E-state index contributed by atoms with van der Waals surface area (Å²) in [7, 11) is 0. The number of fused-ring (bicyclic) bond motifs is 1.